The first-order chi connectivity index (χ1) is 15.6. The van der Waals surface area contributed by atoms with Crippen LogP contribution >= 0.6 is 0 Å². The molecule has 0 heterocycles. The molecule has 0 aromatic rings. The van der Waals surface area contributed by atoms with Crippen LogP contribution in [-0.4, -0.2) is 54.9 Å². The fourth-order valence-corrected chi connectivity index (χ4v) is 7.98. The number of carbonyl (C=O) groups is 3. The predicted octanol–water partition coefficient (Wildman–Crippen LogP) is 3.37. The maximum atomic E-state index is 13.6. The summed E-state index contributed by atoms with van der Waals surface area (Å²) in [5.41, 5.74) is -0.751. The van der Waals surface area contributed by atoms with E-state index in [1.165, 1.54) is 12.7 Å². The number of hydrogen-bond acceptors (Lipinski definition) is 7. The molecule has 0 bridgehead atoms. The maximum absolute atomic E-state index is 13.6. The number of aliphatic hydroxyl groups excluding tert-OH is 1. The summed E-state index contributed by atoms with van der Waals surface area (Å²) in [5, 5.41) is 11.6. The van der Waals surface area contributed by atoms with Crippen LogP contribution in [-0.2, 0) is 28.6 Å². The molecule has 33 heavy (non-hydrogen) atoms. The molecule has 184 valence electrons. The monoisotopic (exact) mass is 462 g/mol. The molecule has 0 aliphatic heterocycles. The molecular weight excluding hydrogens is 424 g/mol. The van der Waals surface area contributed by atoms with Gasteiger partial charge in [0.2, 0.25) is 5.78 Å². The summed E-state index contributed by atoms with van der Waals surface area (Å²) in [7, 11) is 1.52. The number of Topliss-reactive ketones (excluding diaryl/α,β-unsaturated/α-hetero) is 1. The van der Waals surface area contributed by atoms with Crippen molar-refractivity contribution in [2.75, 3.05) is 20.5 Å². The van der Waals surface area contributed by atoms with Crippen molar-refractivity contribution in [2.24, 2.45) is 28.6 Å². The van der Waals surface area contributed by atoms with Crippen molar-refractivity contribution in [3.63, 3.8) is 0 Å². The van der Waals surface area contributed by atoms with Gasteiger partial charge in [-0.1, -0.05) is 26.3 Å². The molecule has 7 nitrogen and oxygen atoms in total. The molecule has 0 aromatic carbocycles. The molecule has 3 fully saturated rings. The van der Waals surface area contributed by atoms with E-state index in [4.69, 9.17) is 14.2 Å². The molecular formula is C26H38O7. The first-order valence-electron chi connectivity index (χ1n) is 12.4. The number of allylic oxidation sites excluding steroid dienone is 1. The SMILES string of the molecule is CCC(=O)OCC(=O)[C@@]1(OCOC)CC[C@H]2[C@@H]3CCC4=CC(=O)CC[C@]4(C)[C@H]3[C@@H](O)C[C@@]21C. The Bertz CT molecular complexity index is 850. The zero-order valence-electron chi connectivity index (χ0n) is 20.4. The Morgan fingerprint density at radius 3 is 2.64 bits per heavy atom. The van der Waals surface area contributed by atoms with Gasteiger partial charge in [-0.3, -0.25) is 14.4 Å². The second-order valence-corrected chi connectivity index (χ2v) is 10.9. The number of ether oxygens (including phenoxy) is 3. The number of methoxy groups -OCH3 is 1. The molecule has 0 aromatic heterocycles. The van der Waals surface area contributed by atoms with Gasteiger partial charge in [-0.2, -0.15) is 0 Å². The lowest BCUT2D eigenvalue weighted by molar-refractivity contribution is -0.217. The fraction of sp³-hybridized carbons (Fsp3) is 0.808. The average molecular weight is 463 g/mol. The highest BCUT2D eigenvalue weighted by Gasteiger charge is 2.69. The summed E-state index contributed by atoms with van der Waals surface area (Å²) in [4.78, 5) is 37.4. The third-order valence-electron chi connectivity index (χ3n) is 9.54. The summed E-state index contributed by atoms with van der Waals surface area (Å²) in [6.07, 6.45) is 6.26. The third-order valence-corrected chi connectivity index (χ3v) is 9.54. The second-order valence-electron chi connectivity index (χ2n) is 10.9. The quantitative estimate of drug-likeness (QED) is 0.457. The summed E-state index contributed by atoms with van der Waals surface area (Å²) < 4.78 is 16.6. The number of aliphatic hydroxyl groups is 1. The van der Waals surface area contributed by atoms with Crippen LogP contribution in [0.15, 0.2) is 11.6 Å². The molecule has 0 radical (unpaired) electrons. The molecule has 3 saturated carbocycles. The fourth-order valence-electron chi connectivity index (χ4n) is 7.98. The van der Waals surface area contributed by atoms with Crippen LogP contribution in [0.25, 0.3) is 0 Å². The van der Waals surface area contributed by atoms with Crippen LogP contribution in [0.5, 0.6) is 0 Å². The Morgan fingerprint density at radius 2 is 1.94 bits per heavy atom. The topological polar surface area (TPSA) is 99.1 Å². The highest BCUT2D eigenvalue weighted by atomic mass is 16.7. The lowest BCUT2D eigenvalue weighted by Crippen LogP contribution is -2.63. The van der Waals surface area contributed by atoms with Gasteiger partial charge >= 0.3 is 5.97 Å². The largest absolute Gasteiger partial charge is 0.458 e. The van der Waals surface area contributed by atoms with Crippen molar-refractivity contribution in [1.29, 1.82) is 0 Å². The van der Waals surface area contributed by atoms with Gasteiger partial charge in [-0.25, -0.2) is 0 Å². The summed E-state index contributed by atoms with van der Waals surface area (Å²) in [5.74, 6) is 0.0340. The van der Waals surface area contributed by atoms with E-state index in [9.17, 15) is 19.5 Å². The van der Waals surface area contributed by atoms with Crippen LogP contribution in [0.3, 0.4) is 0 Å². The minimum Gasteiger partial charge on any atom is -0.458 e. The number of rotatable bonds is 7. The van der Waals surface area contributed by atoms with Crippen LogP contribution in [0.4, 0.5) is 0 Å². The van der Waals surface area contributed by atoms with Crippen molar-refractivity contribution < 1.29 is 33.7 Å². The molecule has 7 atom stereocenters. The molecule has 0 amide bonds. The van der Waals surface area contributed by atoms with Gasteiger partial charge in [0, 0.05) is 25.4 Å². The third kappa shape index (κ3) is 3.71. The van der Waals surface area contributed by atoms with E-state index >= 15 is 0 Å². The number of hydrogen-bond donors (Lipinski definition) is 1. The Morgan fingerprint density at radius 1 is 1.18 bits per heavy atom. The molecule has 0 unspecified atom stereocenters. The molecule has 4 aliphatic carbocycles. The highest BCUT2D eigenvalue weighted by Crippen LogP contribution is 2.68. The van der Waals surface area contributed by atoms with E-state index in [1.807, 2.05) is 6.08 Å². The van der Waals surface area contributed by atoms with E-state index in [-0.39, 0.29) is 54.6 Å². The van der Waals surface area contributed by atoms with Crippen LogP contribution in [0.2, 0.25) is 0 Å². The summed E-state index contributed by atoms with van der Waals surface area (Å²) in [6, 6.07) is 0. The first-order valence-corrected chi connectivity index (χ1v) is 12.4. The molecule has 0 saturated heterocycles. The van der Waals surface area contributed by atoms with Gasteiger partial charge in [-0.05, 0) is 67.8 Å². The van der Waals surface area contributed by atoms with E-state index in [2.05, 4.69) is 13.8 Å². The molecule has 0 spiro atoms. The van der Waals surface area contributed by atoms with Gasteiger partial charge in [0.05, 0.1) is 6.10 Å². The first kappa shape index (κ1) is 24.6. The van der Waals surface area contributed by atoms with Crippen molar-refractivity contribution in [2.45, 2.75) is 83.8 Å². The predicted molar refractivity (Wildman–Crippen MR) is 120 cm³/mol. The highest BCUT2D eigenvalue weighted by molar-refractivity contribution is 5.92. The molecule has 4 aliphatic rings. The zero-order valence-corrected chi connectivity index (χ0v) is 20.4. The minimum atomic E-state index is -1.16. The standard InChI is InChI=1S/C26H38O7/c1-5-22(30)32-14-21(29)26(33-15-31-4)11-9-19-18-7-6-16-12-17(27)8-10-24(16,2)23(18)20(28)13-25(19,26)3/h12,18-20,23,28H,5-11,13-15H2,1-4H3/t18-,19-,20-,23+,24-,25-,26-/m0/s1. The summed E-state index contributed by atoms with van der Waals surface area (Å²) >= 11 is 0. The van der Waals surface area contributed by atoms with E-state index in [0.717, 1.165) is 25.7 Å². The smallest absolute Gasteiger partial charge is 0.305 e. The zero-order chi connectivity index (χ0) is 24.0. The average Bonchev–Trinajstić information content (AvgIpc) is 3.08. The Balaban J connectivity index is 1.67. The van der Waals surface area contributed by atoms with Gasteiger partial charge in [0.1, 0.15) is 12.4 Å². The van der Waals surface area contributed by atoms with Gasteiger partial charge < -0.3 is 19.3 Å². The number of esters is 1. The van der Waals surface area contributed by atoms with Crippen molar-refractivity contribution >= 4 is 17.5 Å². The Hall–Kier alpha value is -1.57. The van der Waals surface area contributed by atoms with Crippen LogP contribution in [0.1, 0.15) is 72.1 Å². The van der Waals surface area contributed by atoms with Crippen LogP contribution in [0, 0.1) is 28.6 Å². The van der Waals surface area contributed by atoms with Gasteiger partial charge in [0.15, 0.2) is 12.4 Å². The van der Waals surface area contributed by atoms with Crippen LogP contribution < -0.4 is 0 Å². The summed E-state index contributed by atoms with van der Waals surface area (Å²) in [6.45, 7) is 5.62. The number of carbonyl (C=O) groups excluding carboxylic acids is 3. The Labute approximate surface area is 196 Å². The number of ketones is 2. The second kappa shape index (κ2) is 8.90. The van der Waals surface area contributed by atoms with Crippen molar-refractivity contribution in [3.8, 4) is 0 Å². The van der Waals surface area contributed by atoms with Crippen molar-refractivity contribution in [1.82, 2.24) is 0 Å². The van der Waals surface area contributed by atoms with Gasteiger partial charge in [0.25, 0.3) is 0 Å². The van der Waals surface area contributed by atoms with E-state index in [1.54, 1.807) is 6.92 Å². The van der Waals surface area contributed by atoms with Crippen molar-refractivity contribution in [3.05, 3.63) is 11.6 Å². The van der Waals surface area contributed by atoms with E-state index in [0.29, 0.717) is 19.3 Å². The molecule has 7 heteroatoms. The maximum Gasteiger partial charge on any atom is 0.305 e. The lowest BCUT2D eigenvalue weighted by Gasteiger charge is -2.61. The number of fused-ring (bicyclic) bond motifs is 5. The minimum absolute atomic E-state index is 0.0350. The normalized spacial score (nSPS) is 42.1. The molecule has 1 N–H and O–H groups in total. The lowest BCUT2D eigenvalue weighted by atomic mass is 9.45. The van der Waals surface area contributed by atoms with E-state index < -0.39 is 23.1 Å². The molecule has 4 rings (SSSR count). The van der Waals surface area contributed by atoms with Gasteiger partial charge in [-0.15, -0.1) is 0 Å². The Kier molecular flexibility index (Phi) is 6.62.